The van der Waals surface area contributed by atoms with Crippen molar-refractivity contribution in [3.63, 3.8) is 0 Å². The minimum Gasteiger partial charge on any atom is -0.335 e. The van der Waals surface area contributed by atoms with Crippen molar-refractivity contribution in [3.8, 4) is 0 Å². The van der Waals surface area contributed by atoms with E-state index in [9.17, 15) is 18.5 Å². The summed E-state index contributed by atoms with van der Waals surface area (Å²) in [6.07, 6.45) is 2.44. The average Bonchev–Trinajstić information content (AvgIpc) is 2.92. The fourth-order valence-electron chi connectivity index (χ4n) is 1.70. The maximum Gasteiger partial charge on any atom is 0.272 e. The van der Waals surface area contributed by atoms with Gasteiger partial charge in [0, 0.05) is 18.2 Å². The van der Waals surface area contributed by atoms with Gasteiger partial charge in [-0.15, -0.1) is 0 Å². The molecule has 2 aromatic rings. The van der Waals surface area contributed by atoms with Gasteiger partial charge >= 0.3 is 0 Å². The van der Waals surface area contributed by atoms with Crippen LogP contribution in [0.5, 0.6) is 0 Å². The monoisotopic (exact) mass is 296 g/mol. The van der Waals surface area contributed by atoms with Crippen LogP contribution in [-0.2, 0) is 16.6 Å². The highest BCUT2D eigenvalue weighted by Crippen LogP contribution is 2.21. The first-order valence-electron chi connectivity index (χ1n) is 5.63. The molecular formula is C11H12N4O4S. The Kier molecular flexibility index (Phi) is 3.81. The molecule has 20 heavy (non-hydrogen) atoms. The fourth-order valence-corrected chi connectivity index (χ4v) is 2.61. The van der Waals surface area contributed by atoms with Gasteiger partial charge in [-0.05, 0) is 12.5 Å². The van der Waals surface area contributed by atoms with Gasteiger partial charge < -0.3 is 4.98 Å². The maximum absolute atomic E-state index is 11.9. The molecule has 0 aliphatic rings. The van der Waals surface area contributed by atoms with Crippen LogP contribution < -0.4 is 4.72 Å². The van der Waals surface area contributed by atoms with E-state index in [1.807, 2.05) is 0 Å². The van der Waals surface area contributed by atoms with Gasteiger partial charge in [-0.2, -0.15) is 0 Å². The van der Waals surface area contributed by atoms with Gasteiger partial charge in [-0.3, -0.25) is 10.1 Å². The molecule has 0 fully saturated rings. The first-order chi connectivity index (χ1) is 9.42. The molecule has 0 radical (unpaired) electrons. The zero-order valence-corrected chi connectivity index (χ0v) is 11.3. The van der Waals surface area contributed by atoms with Crippen molar-refractivity contribution >= 4 is 15.7 Å². The molecule has 1 aromatic heterocycles. The number of H-pyrrole nitrogens is 1. The molecule has 0 aliphatic carbocycles. The van der Waals surface area contributed by atoms with Gasteiger partial charge in [0.1, 0.15) is 0 Å². The number of rotatable bonds is 5. The lowest BCUT2D eigenvalue weighted by molar-refractivity contribution is -0.385. The van der Waals surface area contributed by atoms with Crippen molar-refractivity contribution in [1.82, 2.24) is 14.7 Å². The fraction of sp³-hybridized carbons (Fsp3) is 0.182. The topological polar surface area (TPSA) is 118 Å². The molecule has 0 amide bonds. The lowest BCUT2D eigenvalue weighted by atomic mass is 10.1. The largest absolute Gasteiger partial charge is 0.335 e. The quantitative estimate of drug-likeness (QED) is 0.632. The lowest BCUT2D eigenvalue weighted by Crippen LogP contribution is -2.24. The summed E-state index contributed by atoms with van der Waals surface area (Å²) in [6.45, 7) is 1.55. The molecule has 106 valence electrons. The molecule has 0 saturated carbocycles. The van der Waals surface area contributed by atoms with Gasteiger partial charge in [-0.25, -0.2) is 18.1 Å². The molecule has 2 rings (SSSR count). The Balaban J connectivity index is 2.20. The Morgan fingerprint density at radius 3 is 2.80 bits per heavy atom. The molecule has 0 unspecified atom stereocenters. The van der Waals surface area contributed by atoms with Crippen molar-refractivity contribution in [2.45, 2.75) is 18.5 Å². The van der Waals surface area contributed by atoms with Crippen LogP contribution in [0.3, 0.4) is 0 Å². The molecule has 8 nitrogen and oxygen atoms in total. The lowest BCUT2D eigenvalue weighted by Gasteiger charge is -2.07. The van der Waals surface area contributed by atoms with Gasteiger partial charge in [0.05, 0.1) is 17.4 Å². The summed E-state index contributed by atoms with van der Waals surface area (Å²) >= 11 is 0. The number of nitrogens with one attached hydrogen (secondary N) is 2. The molecule has 2 N–H and O–H groups in total. The predicted octanol–water partition coefficient (Wildman–Crippen LogP) is 1.10. The Morgan fingerprint density at radius 1 is 1.45 bits per heavy atom. The van der Waals surface area contributed by atoms with E-state index < -0.39 is 14.9 Å². The Bertz CT molecular complexity index is 725. The standard InChI is InChI=1S/C11H12N4O4S/c1-8-9(3-2-4-10(8)15(16)17)5-14-20(18,19)11-6-12-7-13-11/h2-4,6-7,14H,5H2,1H3,(H,12,13). The number of nitro groups is 1. The number of nitrogens with zero attached hydrogens (tertiary/aromatic N) is 2. The Hall–Kier alpha value is -2.26. The summed E-state index contributed by atoms with van der Waals surface area (Å²) in [5.41, 5.74) is 0.940. The highest BCUT2D eigenvalue weighted by Gasteiger charge is 2.18. The van der Waals surface area contributed by atoms with E-state index in [4.69, 9.17) is 0 Å². The van der Waals surface area contributed by atoms with Gasteiger partial charge in [-0.1, -0.05) is 12.1 Å². The van der Waals surface area contributed by atoms with E-state index in [1.165, 1.54) is 24.7 Å². The number of benzene rings is 1. The van der Waals surface area contributed by atoms with E-state index in [0.29, 0.717) is 11.1 Å². The molecule has 1 heterocycles. The minimum atomic E-state index is -3.70. The molecule has 0 bridgehead atoms. The zero-order chi connectivity index (χ0) is 14.8. The highest BCUT2D eigenvalue weighted by molar-refractivity contribution is 7.89. The van der Waals surface area contributed by atoms with Crippen molar-refractivity contribution in [2.24, 2.45) is 0 Å². The minimum absolute atomic E-state index is 0.0329. The summed E-state index contributed by atoms with van der Waals surface area (Å²) in [4.78, 5) is 16.4. The Morgan fingerprint density at radius 2 is 2.20 bits per heavy atom. The molecule has 0 aliphatic heterocycles. The molecule has 0 atom stereocenters. The SMILES string of the molecule is Cc1c(CNS(=O)(=O)c2cnc[nH]2)cccc1[N+](=O)[O-]. The second kappa shape index (κ2) is 5.39. The van der Waals surface area contributed by atoms with Crippen LogP contribution in [0.15, 0.2) is 35.7 Å². The maximum atomic E-state index is 11.9. The molecule has 9 heteroatoms. The second-order valence-electron chi connectivity index (χ2n) is 4.06. The summed E-state index contributed by atoms with van der Waals surface area (Å²) in [6, 6.07) is 4.53. The van der Waals surface area contributed by atoms with Gasteiger partial charge in [0.2, 0.25) is 0 Å². The third-order valence-corrected chi connectivity index (χ3v) is 4.16. The van der Waals surface area contributed by atoms with E-state index in [1.54, 1.807) is 13.0 Å². The smallest absolute Gasteiger partial charge is 0.272 e. The van der Waals surface area contributed by atoms with Crippen LogP contribution in [0.25, 0.3) is 0 Å². The van der Waals surface area contributed by atoms with Crippen LogP contribution in [0.2, 0.25) is 0 Å². The third kappa shape index (κ3) is 2.83. The van der Waals surface area contributed by atoms with Crippen LogP contribution in [0.1, 0.15) is 11.1 Å². The van der Waals surface area contributed by atoms with E-state index in [-0.39, 0.29) is 17.3 Å². The zero-order valence-electron chi connectivity index (χ0n) is 10.5. The van der Waals surface area contributed by atoms with Crippen LogP contribution in [-0.4, -0.2) is 23.3 Å². The van der Waals surface area contributed by atoms with Gasteiger partial charge in [0.15, 0.2) is 5.03 Å². The van der Waals surface area contributed by atoms with Crippen LogP contribution >= 0.6 is 0 Å². The Labute approximate surface area is 115 Å². The summed E-state index contributed by atoms with van der Waals surface area (Å²) in [7, 11) is -3.70. The molecule has 0 saturated heterocycles. The number of imidazole rings is 1. The van der Waals surface area contributed by atoms with Gasteiger partial charge in [0.25, 0.3) is 15.7 Å². The summed E-state index contributed by atoms with van der Waals surface area (Å²) in [5, 5.41) is 10.8. The van der Waals surface area contributed by atoms with Crippen LogP contribution in [0.4, 0.5) is 5.69 Å². The normalized spacial score (nSPS) is 11.4. The van der Waals surface area contributed by atoms with Crippen molar-refractivity contribution in [3.05, 3.63) is 52.0 Å². The summed E-state index contributed by atoms with van der Waals surface area (Å²) < 4.78 is 26.1. The third-order valence-electron chi connectivity index (χ3n) is 2.83. The number of sulfonamides is 1. The van der Waals surface area contributed by atoms with Crippen molar-refractivity contribution in [1.29, 1.82) is 0 Å². The molecule has 0 spiro atoms. The number of aromatic nitrogens is 2. The summed E-state index contributed by atoms with van der Waals surface area (Å²) in [5.74, 6) is 0. The van der Waals surface area contributed by atoms with E-state index in [2.05, 4.69) is 14.7 Å². The first-order valence-corrected chi connectivity index (χ1v) is 7.11. The average molecular weight is 296 g/mol. The first kappa shape index (κ1) is 14.2. The number of aromatic amines is 1. The molecular weight excluding hydrogens is 284 g/mol. The predicted molar refractivity (Wildman–Crippen MR) is 70.4 cm³/mol. The van der Waals surface area contributed by atoms with E-state index in [0.717, 1.165) is 0 Å². The number of hydrogen-bond acceptors (Lipinski definition) is 5. The van der Waals surface area contributed by atoms with E-state index >= 15 is 0 Å². The molecule has 1 aromatic carbocycles. The number of nitro benzene ring substituents is 1. The van der Waals surface area contributed by atoms with Crippen LogP contribution in [0, 0.1) is 17.0 Å². The number of hydrogen-bond donors (Lipinski definition) is 2. The van der Waals surface area contributed by atoms with Crippen molar-refractivity contribution < 1.29 is 13.3 Å². The van der Waals surface area contributed by atoms with Crippen molar-refractivity contribution in [2.75, 3.05) is 0 Å². The highest BCUT2D eigenvalue weighted by atomic mass is 32.2. The second-order valence-corrected chi connectivity index (χ2v) is 5.79.